The van der Waals surface area contributed by atoms with Crippen molar-refractivity contribution in [2.75, 3.05) is 46.0 Å². The largest absolute Gasteiger partial charge is 0.394 e. The Morgan fingerprint density at radius 3 is 2.72 bits per heavy atom. The van der Waals surface area contributed by atoms with Crippen LogP contribution in [0.1, 0.15) is 44.3 Å². The van der Waals surface area contributed by atoms with E-state index in [2.05, 4.69) is 47.7 Å². The lowest BCUT2D eigenvalue weighted by atomic mass is 9.91. The summed E-state index contributed by atoms with van der Waals surface area (Å²) >= 11 is 0. The maximum Gasteiger partial charge on any atom is 0.255 e. The molecule has 39 heavy (non-hydrogen) atoms. The van der Waals surface area contributed by atoms with Crippen molar-refractivity contribution in [2.24, 2.45) is 5.92 Å². The first-order valence-electron chi connectivity index (χ1n) is 13.9. The summed E-state index contributed by atoms with van der Waals surface area (Å²) in [6, 6.07) is 2.40. The van der Waals surface area contributed by atoms with Crippen molar-refractivity contribution in [2.45, 2.75) is 47.1 Å². The van der Waals surface area contributed by atoms with Crippen LogP contribution in [-0.4, -0.2) is 92.4 Å². The van der Waals surface area contributed by atoms with E-state index in [9.17, 15) is 4.79 Å². The second-order valence-electron chi connectivity index (χ2n) is 10.9. The molecule has 3 aliphatic rings. The quantitative estimate of drug-likeness (QED) is 0.548. The van der Waals surface area contributed by atoms with E-state index < -0.39 is 0 Å². The van der Waals surface area contributed by atoms with Gasteiger partial charge in [-0.2, -0.15) is 5.10 Å². The maximum atomic E-state index is 13.8. The van der Waals surface area contributed by atoms with E-state index in [4.69, 9.17) is 14.9 Å². The minimum absolute atomic E-state index is 0.0523. The van der Waals surface area contributed by atoms with Crippen molar-refractivity contribution in [3.8, 4) is 0 Å². The first-order valence-corrected chi connectivity index (χ1v) is 13.9. The Bertz CT molecular complexity index is 1370. The van der Waals surface area contributed by atoms with E-state index in [-0.39, 0.29) is 18.4 Å². The van der Waals surface area contributed by atoms with Crippen molar-refractivity contribution in [1.82, 2.24) is 29.3 Å². The van der Waals surface area contributed by atoms with Crippen LogP contribution in [0.3, 0.4) is 0 Å². The molecule has 1 N–H and O–H groups in total. The molecule has 2 atom stereocenters. The molecule has 3 aliphatic heterocycles. The number of nitrogens with zero attached hydrogens (tertiary/aromatic N) is 6. The second kappa shape index (κ2) is 11.5. The van der Waals surface area contributed by atoms with Crippen molar-refractivity contribution >= 4 is 17.0 Å². The predicted octanol–water partition coefficient (Wildman–Crippen LogP) is 3.30. The van der Waals surface area contributed by atoms with Crippen LogP contribution in [0.2, 0.25) is 0 Å². The third-order valence-electron chi connectivity index (χ3n) is 7.95. The molecule has 0 saturated carbocycles. The summed E-state index contributed by atoms with van der Waals surface area (Å²) in [5.41, 5.74) is 7.70. The molecular weight excluding hydrogens is 492 g/mol. The van der Waals surface area contributed by atoms with Gasteiger partial charge in [-0.3, -0.25) is 19.6 Å². The molecule has 1 amide bonds. The summed E-state index contributed by atoms with van der Waals surface area (Å²) in [6.07, 6.45) is 10.9. The highest BCUT2D eigenvalue weighted by molar-refractivity contribution is 5.98. The maximum absolute atomic E-state index is 13.8. The third kappa shape index (κ3) is 5.71. The molecule has 208 valence electrons. The molecule has 9 heteroatoms. The number of aryl methyl sites for hydroxylation is 2. The zero-order chi connectivity index (χ0) is 27.7. The molecule has 0 radical (unpaired) electrons. The summed E-state index contributed by atoms with van der Waals surface area (Å²) < 4.78 is 7.34. The van der Waals surface area contributed by atoms with Gasteiger partial charge in [-0.25, -0.2) is 4.52 Å². The molecule has 2 aromatic rings. The fourth-order valence-corrected chi connectivity index (χ4v) is 5.77. The Morgan fingerprint density at radius 2 is 1.95 bits per heavy atom. The molecule has 0 bridgehead atoms. The standard InChI is InChI=1S/C30H40N6O3/c1-20-6-7-28-21(2)14-25(34-9-8-33(23(4)18-34)10-12-39-13-11-37)19-35(28)30(38)15-26(20)27-16-29-24(5)31-22(3)17-36(29)32-27/h7,14-17,19-20,23,37H,6,8-13,18H2,1-5H3. The number of carbonyl (C=O) groups is 1. The van der Waals surface area contributed by atoms with Gasteiger partial charge in [0.15, 0.2) is 0 Å². The van der Waals surface area contributed by atoms with Gasteiger partial charge in [-0.1, -0.05) is 13.0 Å². The molecule has 2 unspecified atom stereocenters. The van der Waals surface area contributed by atoms with Crippen LogP contribution in [0.5, 0.6) is 0 Å². The smallest absolute Gasteiger partial charge is 0.255 e. The highest BCUT2D eigenvalue weighted by Gasteiger charge is 2.30. The number of fused-ring (bicyclic) bond motifs is 2. The molecule has 5 rings (SSSR count). The van der Waals surface area contributed by atoms with Crippen molar-refractivity contribution < 1.29 is 14.6 Å². The molecule has 2 aromatic heterocycles. The van der Waals surface area contributed by atoms with Gasteiger partial charge >= 0.3 is 0 Å². The third-order valence-corrected chi connectivity index (χ3v) is 7.95. The van der Waals surface area contributed by atoms with Gasteiger partial charge in [-0.05, 0) is 63.3 Å². The zero-order valence-corrected chi connectivity index (χ0v) is 23.7. The van der Waals surface area contributed by atoms with Gasteiger partial charge < -0.3 is 14.7 Å². The summed E-state index contributed by atoms with van der Waals surface area (Å²) in [7, 11) is 0. The zero-order valence-electron chi connectivity index (χ0n) is 23.7. The molecule has 1 fully saturated rings. The van der Waals surface area contributed by atoms with Crippen LogP contribution in [0.4, 0.5) is 0 Å². The predicted molar refractivity (Wildman–Crippen MR) is 152 cm³/mol. The second-order valence-corrected chi connectivity index (χ2v) is 10.9. The number of ether oxygens (including phenoxy) is 1. The highest BCUT2D eigenvalue weighted by Crippen LogP contribution is 2.34. The fourth-order valence-electron chi connectivity index (χ4n) is 5.77. The van der Waals surface area contributed by atoms with E-state index in [1.165, 1.54) is 0 Å². The topological polar surface area (TPSA) is 86.4 Å². The summed E-state index contributed by atoms with van der Waals surface area (Å²) in [6.45, 7) is 15.0. The molecule has 9 nitrogen and oxygen atoms in total. The molecular formula is C30H40N6O3. The Morgan fingerprint density at radius 1 is 1.13 bits per heavy atom. The van der Waals surface area contributed by atoms with Gasteiger partial charge in [0.25, 0.3) is 5.91 Å². The number of rotatable bonds is 7. The Hall–Kier alpha value is -3.27. The molecule has 0 spiro atoms. The molecule has 1 saturated heterocycles. The lowest BCUT2D eigenvalue weighted by Gasteiger charge is -2.42. The van der Waals surface area contributed by atoms with Crippen LogP contribution < -0.4 is 0 Å². The number of hydrogen-bond donors (Lipinski definition) is 1. The summed E-state index contributed by atoms with van der Waals surface area (Å²) in [5.74, 6) is 0.0971. The Kier molecular flexibility index (Phi) is 8.02. The average molecular weight is 533 g/mol. The molecule has 0 aliphatic carbocycles. The van der Waals surface area contributed by atoms with Crippen molar-refractivity contribution in [1.29, 1.82) is 0 Å². The van der Waals surface area contributed by atoms with Crippen LogP contribution >= 0.6 is 0 Å². The SMILES string of the molecule is CC1=CC(N2CCN(CCOCCO)C(C)C2)=CN2C(=O)C=C(c3cc4c(C)nc(C)cn4n3)C(C)CC=C12. The number of aliphatic hydroxyl groups is 1. The number of aromatic nitrogens is 3. The van der Waals surface area contributed by atoms with Gasteiger partial charge in [-0.15, -0.1) is 0 Å². The highest BCUT2D eigenvalue weighted by atomic mass is 16.5. The van der Waals surface area contributed by atoms with E-state index in [0.717, 1.165) is 77.7 Å². The number of carbonyl (C=O) groups excluding carboxylic acids is 1. The van der Waals surface area contributed by atoms with Crippen LogP contribution in [0.25, 0.3) is 11.1 Å². The number of piperazine rings is 1. The molecule has 5 heterocycles. The number of amides is 1. The Labute approximate surface area is 230 Å². The lowest BCUT2D eigenvalue weighted by Crippen LogP contribution is -2.52. The number of hydrogen-bond acceptors (Lipinski definition) is 7. The lowest BCUT2D eigenvalue weighted by molar-refractivity contribution is -0.122. The molecule has 0 aromatic carbocycles. The summed E-state index contributed by atoms with van der Waals surface area (Å²) in [4.78, 5) is 24.9. The van der Waals surface area contributed by atoms with E-state index in [1.807, 2.05) is 41.7 Å². The van der Waals surface area contributed by atoms with Gasteiger partial charge in [0, 0.05) is 50.2 Å². The number of aliphatic hydroxyl groups excluding tert-OH is 1. The fraction of sp³-hybridized carbons (Fsp3) is 0.500. The first-order chi connectivity index (χ1) is 18.7. The van der Waals surface area contributed by atoms with Gasteiger partial charge in [0.05, 0.1) is 54.3 Å². The van der Waals surface area contributed by atoms with E-state index in [0.29, 0.717) is 19.3 Å². The average Bonchev–Trinajstić information content (AvgIpc) is 3.32. The minimum Gasteiger partial charge on any atom is -0.394 e. The van der Waals surface area contributed by atoms with Crippen LogP contribution in [0, 0.1) is 19.8 Å². The summed E-state index contributed by atoms with van der Waals surface area (Å²) in [5, 5.41) is 13.8. The number of allylic oxidation sites excluding steroid dienone is 4. The van der Waals surface area contributed by atoms with Crippen LogP contribution in [-0.2, 0) is 9.53 Å². The first kappa shape index (κ1) is 27.3. The van der Waals surface area contributed by atoms with Gasteiger partial charge in [0.1, 0.15) is 0 Å². The van der Waals surface area contributed by atoms with Gasteiger partial charge in [0.2, 0.25) is 0 Å². The van der Waals surface area contributed by atoms with Crippen LogP contribution in [0.15, 0.2) is 53.7 Å². The minimum atomic E-state index is -0.0523. The Balaban J connectivity index is 1.37. The monoisotopic (exact) mass is 532 g/mol. The van der Waals surface area contributed by atoms with E-state index in [1.54, 1.807) is 6.08 Å². The van der Waals surface area contributed by atoms with Crippen molar-refractivity contribution in [3.05, 3.63) is 70.7 Å². The normalized spacial score (nSPS) is 22.7. The van der Waals surface area contributed by atoms with Crippen molar-refractivity contribution in [3.63, 3.8) is 0 Å². The van der Waals surface area contributed by atoms with E-state index >= 15 is 0 Å².